The molecule has 1 heterocycles. The van der Waals surface area contributed by atoms with Crippen LogP contribution in [0.2, 0.25) is 0 Å². The van der Waals surface area contributed by atoms with Crippen molar-refractivity contribution < 1.29 is 24.5 Å². The Hall–Kier alpha value is -3.52. The van der Waals surface area contributed by atoms with Gasteiger partial charge in [0.25, 0.3) is 17.4 Å². The van der Waals surface area contributed by atoms with Crippen LogP contribution in [-0.4, -0.2) is 53.8 Å². The Balaban J connectivity index is 2.09. The van der Waals surface area contributed by atoms with Crippen LogP contribution in [-0.2, 0) is 9.59 Å². The maximum absolute atomic E-state index is 12.9. The molecule has 1 fully saturated rings. The number of nitrogens with one attached hydrogen (secondary N) is 1. The summed E-state index contributed by atoms with van der Waals surface area (Å²) in [5, 5.41) is 22.0. The molecule has 8 heteroatoms. The highest BCUT2D eigenvalue weighted by atomic mass is 16.6. The number of nitro benzene ring substituents is 1. The van der Waals surface area contributed by atoms with Crippen LogP contribution in [0.25, 0.3) is 5.76 Å². The lowest BCUT2D eigenvalue weighted by Gasteiger charge is -2.25. The second kappa shape index (κ2) is 9.09. The van der Waals surface area contributed by atoms with Crippen molar-refractivity contribution in [2.24, 2.45) is 0 Å². The van der Waals surface area contributed by atoms with Crippen molar-refractivity contribution >= 4 is 23.1 Å². The largest absolute Gasteiger partial charge is 0.507 e. The number of non-ortho nitro benzene ring substituents is 1. The highest BCUT2D eigenvalue weighted by molar-refractivity contribution is 6.46. The lowest BCUT2D eigenvalue weighted by Crippen LogP contribution is -3.05. The normalized spacial score (nSPS) is 18.1. The second-order valence-corrected chi connectivity index (χ2v) is 8.02. The Kier molecular flexibility index (Phi) is 6.50. The number of rotatable bonds is 7. The number of hydrogen-bond donors (Lipinski definition) is 2. The Labute approximate surface area is 180 Å². The minimum atomic E-state index is -0.806. The van der Waals surface area contributed by atoms with Crippen LogP contribution in [0, 0.1) is 17.0 Å². The number of benzene rings is 2. The molecule has 0 aromatic heterocycles. The Morgan fingerprint density at radius 2 is 1.71 bits per heavy atom. The predicted molar refractivity (Wildman–Crippen MR) is 116 cm³/mol. The van der Waals surface area contributed by atoms with Crippen LogP contribution >= 0.6 is 0 Å². The van der Waals surface area contributed by atoms with Crippen LogP contribution in [0.3, 0.4) is 0 Å². The number of carbonyl (C=O) groups is 2. The van der Waals surface area contributed by atoms with Gasteiger partial charge in [-0.25, -0.2) is 0 Å². The summed E-state index contributed by atoms with van der Waals surface area (Å²) in [4.78, 5) is 39.0. The van der Waals surface area contributed by atoms with E-state index in [1.165, 1.54) is 34.1 Å². The van der Waals surface area contributed by atoms with Gasteiger partial charge in [0, 0.05) is 30.7 Å². The second-order valence-electron chi connectivity index (χ2n) is 8.02. The molecule has 2 aromatic carbocycles. The van der Waals surface area contributed by atoms with Crippen molar-refractivity contribution in [3.63, 3.8) is 0 Å². The number of ketones is 1. The molecule has 2 aromatic rings. The third-order valence-corrected chi connectivity index (χ3v) is 5.36. The highest BCUT2D eigenvalue weighted by Crippen LogP contribution is 2.39. The quantitative estimate of drug-likeness (QED) is 0.232. The zero-order chi connectivity index (χ0) is 22.7. The fraction of sp³-hybridized carbons (Fsp3) is 0.304. The maximum Gasteiger partial charge on any atom is 0.295 e. The number of nitro groups is 1. The standard InChI is InChI=1S/C23H25N3O5/c1-15-5-7-17(8-6-15)21(27)19-20(16-9-11-18(12-10-16)26(30)31)25(23(29)22(19)28)14-4-13-24(2)3/h5-12,20,27H,4,13-14H2,1-3H3/p+1. The monoisotopic (exact) mass is 424 g/mol. The molecular weight excluding hydrogens is 398 g/mol. The zero-order valence-corrected chi connectivity index (χ0v) is 17.8. The van der Waals surface area contributed by atoms with E-state index in [2.05, 4.69) is 0 Å². The molecule has 1 saturated heterocycles. The fourth-order valence-electron chi connectivity index (χ4n) is 3.71. The lowest BCUT2D eigenvalue weighted by atomic mass is 9.95. The zero-order valence-electron chi connectivity index (χ0n) is 17.8. The van der Waals surface area contributed by atoms with E-state index in [0.29, 0.717) is 24.1 Å². The molecule has 1 unspecified atom stereocenters. The van der Waals surface area contributed by atoms with Crippen molar-refractivity contribution in [2.45, 2.75) is 19.4 Å². The molecule has 0 spiro atoms. The van der Waals surface area contributed by atoms with E-state index in [1.807, 2.05) is 33.2 Å². The number of aryl methyl sites for hydroxylation is 1. The van der Waals surface area contributed by atoms with E-state index in [9.17, 15) is 24.8 Å². The van der Waals surface area contributed by atoms with Gasteiger partial charge in [-0.05, 0) is 24.6 Å². The fourth-order valence-corrected chi connectivity index (χ4v) is 3.71. The third kappa shape index (κ3) is 4.64. The van der Waals surface area contributed by atoms with Gasteiger partial charge in [0.05, 0.1) is 37.2 Å². The molecular formula is C23H26N3O5+. The topological polar surface area (TPSA) is 105 Å². The Morgan fingerprint density at radius 1 is 1.10 bits per heavy atom. The number of aliphatic hydroxyl groups is 1. The summed E-state index contributed by atoms with van der Waals surface area (Å²) in [5.74, 6) is -1.67. The summed E-state index contributed by atoms with van der Waals surface area (Å²) in [7, 11) is 4.00. The third-order valence-electron chi connectivity index (χ3n) is 5.36. The summed E-state index contributed by atoms with van der Waals surface area (Å²) in [6.45, 7) is 3.04. The molecule has 31 heavy (non-hydrogen) atoms. The number of aliphatic hydroxyl groups excluding tert-OH is 1. The van der Waals surface area contributed by atoms with Crippen molar-refractivity contribution in [3.8, 4) is 0 Å². The summed E-state index contributed by atoms with van der Waals surface area (Å²) < 4.78 is 0. The van der Waals surface area contributed by atoms with Gasteiger partial charge in [-0.2, -0.15) is 0 Å². The minimum Gasteiger partial charge on any atom is -0.507 e. The summed E-state index contributed by atoms with van der Waals surface area (Å²) in [6, 6.07) is 11.9. The number of hydrogen-bond acceptors (Lipinski definition) is 5. The van der Waals surface area contributed by atoms with Gasteiger partial charge in [-0.15, -0.1) is 0 Å². The van der Waals surface area contributed by atoms with Gasteiger partial charge < -0.3 is 14.9 Å². The predicted octanol–water partition coefficient (Wildman–Crippen LogP) is 1.86. The number of quaternary nitrogens is 1. The molecule has 1 aliphatic rings. The van der Waals surface area contributed by atoms with Gasteiger partial charge in [0.15, 0.2) is 0 Å². The molecule has 3 rings (SSSR count). The van der Waals surface area contributed by atoms with Crippen molar-refractivity contribution in [1.82, 2.24) is 4.90 Å². The van der Waals surface area contributed by atoms with E-state index in [0.717, 1.165) is 12.1 Å². The van der Waals surface area contributed by atoms with E-state index in [4.69, 9.17) is 0 Å². The van der Waals surface area contributed by atoms with Crippen LogP contribution in [0.15, 0.2) is 54.1 Å². The average molecular weight is 424 g/mol. The summed E-state index contributed by atoms with van der Waals surface area (Å²) in [5.41, 5.74) is 1.88. The van der Waals surface area contributed by atoms with Gasteiger partial charge in [-0.3, -0.25) is 19.7 Å². The van der Waals surface area contributed by atoms with Gasteiger partial charge in [-0.1, -0.05) is 29.8 Å². The molecule has 1 amide bonds. The lowest BCUT2D eigenvalue weighted by molar-refractivity contribution is -0.858. The molecule has 0 aliphatic carbocycles. The van der Waals surface area contributed by atoms with Crippen molar-refractivity contribution in [3.05, 3.63) is 80.9 Å². The number of likely N-dealkylation sites (tertiary alicyclic amines) is 1. The van der Waals surface area contributed by atoms with E-state index >= 15 is 0 Å². The highest BCUT2D eigenvalue weighted by Gasteiger charge is 2.45. The van der Waals surface area contributed by atoms with Crippen molar-refractivity contribution in [2.75, 3.05) is 27.2 Å². The number of nitrogens with zero attached hydrogens (tertiary/aromatic N) is 2. The first kappa shape index (κ1) is 22.2. The number of Topliss-reactive ketones (excluding diaryl/α,β-unsaturated/α-hetero) is 1. The van der Waals surface area contributed by atoms with Gasteiger partial charge in [0.1, 0.15) is 5.76 Å². The van der Waals surface area contributed by atoms with Crippen LogP contribution in [0.1, 0.15) is 29.2 Å². The Morgan fingerprint density at radius 3 is 2.26 bits per heavy atom. The maximum atomic E-state index is 12.9. The smallest absolute Gasteiger partial charge is 0.295 e. The molecule has 0 radical (unpaired) electrons. The Bertz CT molecular complexity index is 1030. The van der Waals surface area contributed by atoms with Gasteiger partial charge >= 0.3 is 0 Å². The molecule has 0 saturated carbocycles. The molecule has 8 nitrogen and oxygen atoms in total. The summed E-state index contributed by atoms with van der Waals surface area (Å²) >= 11 is 0. The van der Waals surface area contributed by atoms with Gasteiger partial charge in [0.2, 0.25) is 0 Å². The van der Waals surface area contributed by atoms with Crippen LogP contribution < -0.4 is 4.90 Å². The van der Waals surface area contributed by atoms with Crippen LogP contribution in [0.4, 0.5) is 5.69 Å². The van der Waals surface area contributed by atoms with E-state index in [1.54, 1.807) is 12.1 Å². The number of amides is 1. The molecule has 1 aliphatic heterocycles. The number of carbonyl (C=O) groups excluding carboxylic acids is 2. The van der Waals surface area contributed by atoms with E-state index in [-0.39, 0.29) is 17.0 Å². The van der Waals surface area contributed by atoms with Crippen molar-refractivity contribution in [1.29, 1.82) is 0 Å². The average Bonchev–Trinajstić information content (AvgIpc) is 2.98. The van der Waals surface area contributed by atoms with Crippen LogP contribution in [0.5, 0.6) is 0 Å². The minimum absolute atomic E-state index is 0.0000869. The first-order valence-electron chi connectivity index (χ1n) is 10.1. The summed E-state index contributed by atoms with van der Waals surface area (Å²) in [6.07, 6.45) is 0.670. The molecule has 2 N–H and O–H groups in total. The SMILES string of the molecule is Cc1ccc(C(O)=C2C(=O)C(=O)N(CCC[NH+](C)C)C2c2ccc([N+](=O)[O-])cc2)cc1. The molecule has 162 valence electrons. The molecule has 1 atom stereocenters. The molecule has 0 bridgehead atoms. The first-order valence-corrected chi connectivity index (χ1v) is 10.1. The van der Waals surface area contributed by atoms with E-state index < -0.39 is 22.7 Å². The first-order chi connectivity index (χ1) is 14.7.